The average Bonchev–Trinajstić information content (AvgIpc) is 2.75. The van der Waals surface area contributed by atoms with Gasteiger partial charge >= 0.3 is 0 Å². The maximum atomic E-state index is 12.2. The fraction of sp³-hybridized carbons (Fsp3) is 0.375. The topological polar surface area (TPSA) is 29.5 Å². The SMILES string of the molecule is CC[C@H](C)Oc1ccc(/C=C2\SC(=S)N(CC)C2=O)cc1Cl. The lowest BCUT2D eigenvalue weighted by Gasteiger charge is -2.14. The molecule has 1 aromatic carbocycles. The Morgan fingerprint density at radius 2 is 2.18 bits per heavy atom. The van der Waals surface area contributed by atoms with Crippen molar-refractivity contribution in [2.45, 2.75) is 33.3 Å². The Morgan fingerprint density at radius 3 is 2.73 bits per heavy atom. The molecule has 0 bridgehead atoms. The van der Waals surface area contributed by atoms with Gasteiger partial charge in [0.1, 0.15) is 10.1 Å². The minimum Gasteiger partial charge on any atom is -0.489 e. The van der Waals surface area contributed by atoms with Gasteiger partial charge in [-0.1, -0.05) is 48.6 Å². The zero-order valence-electron chi connectivity index (χ0n) is 12.8. The van der Waals surface area contributed by atoms with E-state index >= 15 is 0 Å². The van der Waals surface area contributed by atoms with Gasteiger partial charge in [0.2, 0.25) is 0 Å². The molecule has 1 aromatic rings. The third kappa shape index (κ3) is 3.83. The molecule has 1 fully saturated rings. The Kier molecular flexibility index (Phi) is 5.89. The predicted molar refractivity (Wildman–Crippen MR) is 97.4 cm³/mol. The van der Waals surface area contributed by atoms with Crippen LogP contribution in [-0.4, -0.2) is 27.8 Å². The van der Waals surface area contributed by atoms with Crippen LogP contribution in [0.5, 0.6) is 5.75 Å². The van der Waals surface area contributed by atoms with Crippen molar-refractivity contribution in [2.24, 2.45) is 0 Å². The standard InChI is InChI=1S/C16H18ClNO2S2/c1-4-10(3)20-13-7-6-11(8-12(13)17)9-14-15(19)18(5-2)16(21)22-14/h6-10H,4-5H2,1-3H3/b14-9-/t10-/m0/s1. The first-order chi connectivity index (χ1) is 10.5. The summed E-state index contributed by atoms with van der Waals surface area (Å²) >= 11 is 12.8. The summed E-state index contributed by atoms with van der Waals surface area (Å²) in [5.41, 5.74) is 0.859. The van der Waals surface area contributed by atoms with E-state index in [-0.39, 0.29) is 12.0 Å². The summed E-state index contributed by atoms with van der Waals surface area (Å²) in [5.74, 6) is 0.614. The Bertz CT molecular complexity index is 631. The van der Waals surface area contributed by atoms with Crippen LogP contribution < -0.4 is 4.74 Å². The van der Waals surface area contributed by atoms with Gasteiger partial charge in [0, 0.05) is 6.54 Å². The van der Waals surface area contributed by atoms with E-state index in [1.54, 1.807) is 11.0 Å². The number of likely N-dealkylation sites (N-methyl/N-ethyl adjacent to an activating group) is 1. The molecule has 1 aliphatic rings. The molecule has 0 N–H and O–H groups in total. The van der Waals surface area contributed by atoms with Crippen molar-refractivity contribution >= 4 is 51.9 Å². The molecule has 0 saturated carbocycles. The second-order valence-electron chi connectivity index (χ2n) is 4.95. The van der Waals surface area contributed by atoms with Crippen LogP contribution in [0.2, 0.25) is 5.02 Å². The van der Waals surface area contributed by atoms with Gasteiger partial charge in [-0.05, 0) is 44.0 Å². The number of hydrogen-bond donors (Lipinski definition) is 0. The first-order valence-electron chi connectivity index (χ1n) is 7.17. The highest BCUT2D eigenvalue weighted by molar-refractivity contribution is 8.26. The second kappa shape index (κ2) is 7.49. The third-order valence-corrected chi connectivity index (χ3v) is 5.02. The van der Waals surface area contributed by atoms with Crippen molar-refractivity contribution in [3.8, 4) is 5.75 Å². The minimum absolute atomic E-state index is 0.0476. The summed E-state index contributed by atoms with van der Waals surface area (Å²) in [6.07, 6.45) is 2.84. The summed E-state index contributed by atoms with van der Waals surface area (Å²) in [6.45, 7) is 6.55. The number of rotatable bonds is 5. The van der Waals surface area contributed by atoms with Crippen LogP contribution in [0.4, 0.5) is 0 Å². The number of hydrogen-bond acceptors (Lipinski definition) is 4. The summed E-state index contributed by atoms with van der Waals surface area (Å²) in [7, 11) is 0. The molecule has 1 amide bonds. The van der Waals surface area contributed by atoms with Gasteiger partial charge in [0.25, 0.3) is 5.91 Å². The fourth-order valence-electron chi connectivity index (χ4n) is 1.93. The summed E-state index contributed by atoms with van der Waals surface area (Å²) < 4.78 is 6.34. The summed E-state index contributed by atoms with van der Waals surface area (Å²) in [4.78, 5) is 14.4. The number of carbonyl (C=O) groups excluding carboxylic acids is 1. The van der Waals surface area contributed by atoms with E-state index in [1.807, 2.05) is 32.1 Å². The molecule has 0 radical (unpaired) electrons. The molecule has 0 aliphatic carbocycles. The minimum atomic E-state index is -0.0476. The van der Waals surface area contributed by atoms with E-state index in [0.717, 1.165) is 12.0 Å². The van der Waals surface area contributed by atoms with Crippen LogP contribution in [0.3, 0.4) is 0 Å². The number of thioether (sulfide) groups is 1. The lowest BCUT2D eigenvalue weighted by Crippen LogP contribution is -2.27. The number of nitrogens with zero attached hydrogens (tertiary/aromatic N) is 1. The van der Waals surface area contributed by atoms with Crippen LogP contribution in [0.25, 0.3) is 6.08 Å². The van der Waals surface area contributed by atoms with Crippen molar-refractivity contribution in [1.82, 2.24) is 4.90 Å². The molecule has 22 heavy (non-hydrogen) atoms. The second-order valence-corrected chi connectivity index (χ2v) is 7.04. The Hall–Kier alpha value is -1.04. The van der Waals surface area contributed by atoms with Gasteiger partial charge in [-0.15, -0.1) is 0 Å². The van der Waals surface area contributed by atoms with Crippen molar-refractivity contribution < 1.29 is 9.53 Å². The number of thiocarbonyl (C=S) groups is 1. The zero-order valence-corrected chi connectivity index (χ0v) is 15.1. The smallest absolute Gasteiger partial charge is 0.266 e. The zero-order chi connectivity index (χ0) is 16.3. The van der Waals surface area contributed by atoms with Gasteiger partial charge in [-0.3, -0.25) is 9.69 Å². The molecule has 2 rings (SSSR count). The van der Waals surface area contributed by atoms with E-state index in [9.17, 15) is 4.79 Å². The van der Waals surface area contributed by atoms with Crippen LogP contribution in [-0.2, 0) is 4.79 Å². The van der Waals surface area contributed by atoms with Crippen molar-refractivity contribution in [3.63, 3.8) is 0 Å². The van der Waals surface area contributed by atoms with Crippen LogP contribution in [0, 0.1) is 0 Å². The lowest BCUT2D eigenvalue weighted by molar-refractivity contribution is -0.121. The molecule has 1 heterocycles. The molecule has 3 nitrogen and oxygen atoms in total. The van der Waals surface area contributed by atoms with Crippen LogP contribution in [0.1, 0.15) is 32.8 Å². The highest BCUT2D eigenvalue weighted by Crippen LogP contribution is 2.34. The van der Waals surface area contributed by atoms with E-state index < -0.39 is 0 Å². The Labute approximate surface area is 145 Å². The average molecular weight is 356 g/mol. The molecule has 6 heteroatoms. The van der Waals surface area contributed by atoms with Crippen molar-refractivity contribution in [1.29, 1.82) is 0 Å². The molecule has 0 unspecified atom stereocenters. The normalized spacial score (nSPS) is 18.2. The Balaban J connectivity index is 2.21. The molecule has 0 spiro atoms. The van der Waals surface area contributed by atoms with Crippen LogP contribution >= 0.6 is 35.6 Å². The lowest BCUT2D eigenvalue weighted by atomic mass is 10.2. The predicted octanol–water partition coefficient (Wildman–Crippen LogP) is 4.74. The molecule has 1 saturated heterocycles. The van der Waals surface area contributed by atoms with Crippen molar-refractivity contribution in [3.05, 3.63) is 33.7 Å². The highest BCUT2D eigenvalue weighted by Gasteiger charge is 2.30. The van der Waals surface area contributed by atoms with E-state index in [0.29, 0.717) is 26.5 Å². The number of amides is 1. The number of ether oxygens (including phenoxy) is 1. The molecular weight excluding hydrogens is 338 g/mol. The summed E-state index contributed by atoms with van der Waals surface area (Å²) in [5, 5.41) is 0.542. The van der Waals surface area contributed by atoms with Gasteiger partial charge < -0.3 is 4.74 Å². The summed E-state index contributed by atoms with van der Waals surface area (Å²) in [6, 6.07) is 5.53. The first kappa shape index (κ1) is 17.3. The number of benzene rings is 1. The Morgan fingerprint density at radius 1 is 1.45 bits per heavy atom. The molecule has 1 aliphatic heterocycles. The van der Waals surface area contributed by atoms with Gasteiger partial charge in [-0.25, -0.2) is 0 Å². The van der Waals surface area contributed by atoms with E-state index in [1.165, 1.54) is 11.8 Å². The van der Waals surface area contributed by atoms with Gasteiger partial charge in [-0.2, -0.15) is 0 Å². The molecular formula is C16H18ClNO2S2. The maximum Gasteiger partial charge on any atom is 0.266 e. The van der Waals surface area contributed by atoms with Crippen LogP contribution in [0.15, 0.2) is 23.1 Å². The number of carbonyl (C=O) groups is 1. The number of halogens is 1. The van der Waals surface area contributed by atoms with E-state index in [2.05, 4.69) is 6.92 Å². The fourth-order valence-corrected chi connectivity index (χ4v) is 3.54. The largest absolute Gasteiger partial charge is 0.489 e. The van der Waals surface area contributed by atoms with Gasteiger partial charge in [0.05, 0.1) is 16.0 Å². The molecule has 118 valence electrons. The van der Waals surface area contributed by atoms with Gasteiger partial charge in [0.15, 0.2) is 0 Å². The first-order valence-corrected chi connectivity index (χ1v) is 8.78. The maximum absolute atomic E-state index is 12.2. The monoisotopic (exact) mass is 355 g/mol. The third-order valence-electron chi connectivity index (χ3n) is 3.35. The van der Waals surface area contributed by atoms with E-state index in [4.69, 9.17) is 28.6 Å². The molecule has 0 aromatic heterocycles. The highest BCUT2D eigenvalue weighted by atomic mass is 35.5. The van der Waals surface area contributed by atoms with Crippen molar-refractivity contribution in [2.75, 3.05) is 6.54 Å². The molecule has 1 atom stereocenters. The quantitative estimate of drug-likeness (QED) is 0.563.